The molecule has 1 aromatic rings. The minimum absolute atomic E-state index is 0.0850. The van der Waals surface area contributed by atoms with Crippen LogP contribution in [0.3, 0.4) is 0 Å². The highest BCUT2D eigenvalue weighted by Crippen LogP contribution is 2.46. The number of piperidine rings is 1. The Morgan fingerprint density at radius 3 is 2.60 bits per heavy atom. The van der Waals surface area contributed by atoms with Crippen LogP contribution in [0, 0.1) is 5.41 Å². The molecule has 1 spiro atoms. The molecular formula is C15H22N4O. The van der Waals surface area contributed by atoms with Gasteiger partial charge in [-0.25, -0.2) is 0 Å². The number of oxime groups is 1. The van der Waals surface area contributed by atoms with E-state index in [0.29, 0.717) is 11.1 Å². The van der Waals surface area contributed by atoms with Crippen LogP contribution < -0.4 is 10.6 Å². The minimum atomic E-state index is 0.0850. The Bertz CT molecular complexity index is 498. The van der Waals surface area contributed by atoms with Crippen LogP contribution in [0.15, 0.2) is 23.5 Å². The summed E-state index contributed by atoms with van der Waals surface area (Å²) in [4.78, 5) is 6.58. The maximum absolute atomic E-state index is 8.88. The molecule has 3 rings (SSSR count). The second kappa shape index (κ2) is 5.31. The molecule has 0 bridgehead atoms. The number of aromatic nitrogens is 1. The lowest BCUT2D eigenvalue weighted by molar-refractivity contribution is 0.226. The van der Waals surface area contributed by atoms with Crippen LogP contribution in [0.5, 0.6) is 0 Å². The Balaban J connectivity index is 1.78. The van der Waals surface area contributed by atoms with Crippen molar-refractivity contribution in [1.29, 1.82) is 0 Å². The predicted octanol–water partition coefficient (Wildman–Crippen LogP) is 2.34. The highest BCUT2D eigenvalue weighted by molar-refractivity contribution is 6.00. The number of nitrogens with zero attached hydrogens (tertiary/aromatic N) is 3. The van der Waals surface area contributed by atoms with E-state index in [1.54, 1.807) is 6.20 Å². The first-order chi connectivity index (χ1) is 9.74. The lowest BCUT2D eigenvalue weighted by Gasteiger charge is -2.40. The van der Waals surface area contributed by atoms with E-state index in [1.807, 2.05) is 12.1 Å². The van der Waals surface area contributed by atoms with Gasteiger partial charge in [0, 0.05) is 19.3 Å². The zero-order valence-electron chi connectivity index (χ0n) is 11.8. The average Bonchev–Trinajstić information content (AvgIpc) is 2.95. The summed E-state index contributed by atoms with van der Waals surface area (Å²) in [6.45, 7) is 2.08. The minimum Gasteiger partial charge on any atom is -0.409 e. The molecule has 5 heteroatoms. The van der Waals surface area contributed by atoms with Crippen LogP contribution in [0.2, 0.25) is 0 Å². The van der Waals surface area contributed by atoms with Crippen molar-refractivity contribution in [2.75, 3.05) is 18.0 Å². The summed E-state index contributed by atoms with van der Waals surface area (Å²) in [7, 11) is 0. The van der Waals surface area contributed by atoms with E-state index in [0.717, 1.165) is 18.8 Å². The van der Waals surface area contributed by atoms with Gasteiger partial charge in [0.1, 0.15) is 5.69 Å². The third-order valence-electron chi connectivity index (χ3n) is 4.97. The summed E-state index contributed by atoms with van der Waals surface area (Å²) < 4.78 is 0. The molecule has 1 saturated carbocycles. The molecule has 3 N–H and O–H groups in total. The Labute approximate surface area is 119 Å². The molecule has 108 valence electrons. The summed E-state index contributed by atoms with van der Waals surface area (Å²) in [5, 5.41) is 12.0. The molecule has 0 amide bonds. The second-order valence-corrected chi connectivity index (χ2v) is 6.05. The van der Waals surface area contributed by atoms with Crippen LogP contribution in [0.4, 0.5) is 5.69 Å². The molecule has 5 nitrogen and oxygen atoms in total. The summed E-state index contributed by atoms with van der Waals surface area (Å²) in [6, 6.07) is 3.91. The number of rotatable bonds is 2. The molecule has 1 aliphatic heterocycles. The van der Waals surface area contributed by atoms with Crippen molar-refractivity contribution in [2.45, 2.75) is 38.5 Å². The Kier molecular flexibility index (Phi) is 3.51. The monoisotopic (exact) mass is 274 g/mol. The van der Waals surface area contributed by atoms with Gasteiger partial charge in [-0.1, -0.05) is 18.0 Å². The number of hydrogen-bond donors (Lipinski definition) is 2. The van der Waals surface area contributed by atoms with Crippen molar-refractivity contribution < 1.29 is 5.21 Å². The zero-order chi connectivity index (χ0) is 14.0. The van der Waals surface area contributed by atoms with E-state index in [9.17, 15) is 0 Å². The molecule has 0 aromatic carbocycles. The Morgan fingerprint density at radius 1 is 1.25 bits per heavy atom. The molecule has 1 aliphatic carbocycles. The summed E-state index contributed by atoms with van der Waals surface area (Å²) >= 11 is 0. The topological polar surface area (TPSA) is 74.7 Å². The van der Waals surface area contributed by atoms with Gasteiger partial charge in [0.05, 0.1) is 5.69 Å². The maximum atomic E-state index is 8.88. The van der Waals surface area contributed by atoms with Crippen molar-refractivity contribution in [2.24, 2.45) is 16.3 Å². The van der Waals surface area contributed by atoms with E-state index in [1.165, 1.54) is 38.5 Å². The van der Waals surface area contributed by atoms with Crippen molar-refractivity contribution in [3.05, 3.63) is 24.0 Å². The number of amidine groups is 1. The SMILES string of the molecule is N/C(=N/O)c1ncccc1N1CCC2(CCCC2)CC1. The Hall–Kier alpha value is -1.78. The van der Waals surface area contributed by atoms with E-state index in [2.05, 4.69) is 15.0 Å². The van der Waals surface area contributed by atoms with Gasteiger partial charge in [0.2, 0.25) is 0 Å². The smallest absolute Gasteiger partial charge is 0.190 e. The van der Waals surface area contributed by atoms with Gasteiger partial charge in [-0.3, -0.25) is 4.98 Å². The summed E-state index contributed by atoms with van der Waals surface area (Å²) in [6.07, 6.45) is 9.74. The molecule has 2 heterocycles. The molecular weight excluding hydrogens is 252 g/mol. The van der Waals surface area contributed by atoms with Crippen molar-refractivity contribution >= 4 is 11.5 Å². The lowest BCUT2D eigenvalue weighted by Crippen LogP contribution is -2.40. The fourth-order valence-corrected chi connectivity index (χ4v) is 3.74. The zero-order valence-corrected chi connectivity index (χ0v) is 11.8. The van der Waals surface area contributed by atoms with Crippen molar-refractivity contribution in [3.8, 4) is 0 Å². The highest BCUT2D eigenvalue weighted by Gasteiger charge is 2.37. The fraction of sp³-hybridized carbons (Fsp3) is 0.600. The standard InChI is InChI=1S/C15H22N4O/c16-14(18-20)13-12(4-3-9-17-13)19-10-7-15(8-11-19)5-1-2-6-15/h3-4,9,20H,1-2,5-8,10-11H2,(H2,16,18). The fourth-order valence-electron chi connectivity index (χ4n) is 3.74. The molecule has 1 saturated heterocycles. The summed E-state index contributed by atoms with van der Waals surface area (Å²) in [5.41, 5.74) is 7.88. The number of hydrogen-bond acceptors (Lipinski definition) is 4. The first-order valence-corrected chi connectivity index (χ1v) is 7.42. The largest absolute Gasteiger partial charge is 0.409 e. The Morgan fingerprint density at radius 2 is 1.95 bits per heavy atom. The van der Waals surface area contributed by atoms with Gasteiger partial charge in [-0.2, -0.15) is 0 Å². The molecule has 0 unspecified atom stereocenters. The first-order valence-electron chi connectivity index (χ1n) is 7.42. The second-order valence-electron chi connectivity index (χ2n) is 6.05. The van der Waals surface area contributed by atoms with E-state index in [-0.39, 0.29) is 5.84 Å². The molecule has 0 radical (unpaired) electrons. The van der Waals surface area contributed by atoms with Gasteiger partial charge >= 0.3 is 0 Å². The molecule has 20 heavy (non-hydrogen) atoms. The molecule has 2 aliphatic rings. The van der Waals surface area contributed by atoms with E-state index < -0.39 is 0 Å². The number of pyridine rings is 1. The predicted molar refractivity (Wildman–Crippen MR) is 79.1 cm³/mol. The lowest BCUT2D eigenvalue weighted by atomic mass is 9.77. The van der Waals surface area contributed by atoms with Gasteiger partial charge in [-0.15, -0.1) is 0 Å². The quantitative estimate of drug-likeness (QED) is 0.376. The maximum Gasteiger partial charge on any atom is 0.190 e. The van der Waals surface area contributed by atoms with Crippen LogP contribution >= 0.6 is 0 Å². The van der Waals surface area contributed by atoms with Crippen LogP contribution in [0.1, 0.15) is 44.2 Å². The van der Waals surface area contributed by atoms with Gasteiger partial charge in [-0.05, 0) is 43.2 Å². The van der Waals surface area contributed by atoms with Crippen LogP contribution in [-0.4, -0.2) is 29.1 Å². The van der Waals surface area contributed by atoms with E-state index in [4.69, 9.17) is 10.9 Å². The van der Waals surface area contributed by atoms with Gasteiger partial charge in [0.15, 0.2) is 5.84 Å². The number of anilines is 1. The van der Waals surface area contributed by atoms with Gasteiger partial charge in [0.25, 0.3) is 0 Å². The normalized spacial score (nSPS) is 22.4. The molecule has 1 aromatic heterocycles. The average molecular weight is 274 g/mol. The van der Waals surface area contributed by atoms with Crippen molar-refractivity contribution in [1.82, 2.24) is 4.98 Å². The third kappa shape index (κ3) is 2.32. The summed E-state index contributed by atoms with van der Waals surface area (Å²) in [5.74, 6) is 0.0850. The molecule has 2 fully saturated rings. The van der Waals surface area contributed by atoms with E-state index >= 15 is 0 Å². The first kappa shape index (κ1) is 13.2. The van der Waals surface area contributed by atoms with Crippen LogP contribution in [-0.2, 0) is 0 Å². The van der Waals surface area contributed by atoms with Gasteiger partial charge < -0.3 is 15.8 Å². The highest BCUT2D eigenvalue weighted by atomic mass is 16.4. The van der Waals surface area contributed by atoms with Crippen LogP contribution in [0.25, 0.3) is 0 Å². The number of nitrogens with two attached hydrogens (primary N) is 1. The van der Waals surface area contributed by atoms with Crippen molar-refractivity contribution in [3.63, 3.8) is 0 Å². The molecule has 0 atom stereocenters. The third-order valence-corrected chi connectivity index (χ3v) is 4.97.